The number of fused-ring (bicyclic) bond motifs is 1. The molecule has 1 atom stereocenters. The molecule has 0 saturated heterocycles. The topological polar surface area (TPSA) is 29.9 Å². The van der Waals surface area contributed by atoms with E-state index in [1.807, 2.05) is 11.8 Å². The molecule has 0 amide bonds. The highest BCUT2D eigenvalue weighted by Crippen LogP contribution is 2.15. The Labute approximate surface area is 108 Å². The maximum atomic E-state index is 4.54. The van der Waals surface area contributed by atoms with Crippen LogP contribution in [0.4, 0.5) is 0 Å². The predicted octanol–water partition coefficient (Wildman–Crippen LogP) is 2.24. The van der Waals surface area contributed by atoms with Crippen molar-refractivity contribution in [1.82, 2.24) is 14.9 Å². The number of thioether (sulfide) groups is 1. The molecule has 0 bridgehead atoms. The summed E-state index contributed by atoms with van der Waals surface area (Å²) in [5.41, 5.74) is 1.15. The number of hydrogen-bond donors (Lipinski definition) is 1. The SMILES string of the molecule is CCSCCCN[C@H]1CCc2nc(C)cn2C1. The van der Waals surface area contributed by atoms with Gasteiger partial charge in [-0.25, -0.2) is 4.98 Å². The average molecular weight is 253 g/mol. The first-order valence-electron chi connectivity index (χ1n) is 6.63. The Morgan fingerprint density at radius 3 is 3.29 bits per heavy atom. The van der Waals surface area contributed by atoms with Crippen LogP contribution in [0.25, 0.3) is 0 Å². The summed E-state index contributed by atoms with van der Waals surface area (Å²) in [6, 6.07) is 0.641. The summed E-state index contributed by atoms with van der Waals surface area (Å²) in [6.07, 6.45) is 5.81. The highest BCUT2D eigenvalue weighted by atomic mass is 32.2. The molecule has 0 aromatic carbocycles. The van der Waals surface area contributed by atoms with Gasteiger partial charge in [0.15, 0.2) is 0 Å². The second-order valence-corrected chi connectivity index (χ2v) is 6.08. The van der Waals surface area contributed by atoms with Crippen molar-refractivity contribution in [2.45, 2.75) is 45.7 Å². The number of aryl methyl sites for hydroxylation is 2. The predicted molar refractivity (Wildman–Crippen MR) is 74.7 cm³/mol. The van der Waals surface area contributed by atoms with Crippen molar-refractivity contribution in [2.24, 2.45) is 0 Å². The molecule has 0 unspecified atom stereocenters. The summed E-state index contributed by atoms with van der Waals surface area (Å²) in [6.45, 7) is 6.55. The fraction of sp³-hybridized carbons (Fsp3) is 0.769. The summed E-state index contributed by atoms with van der Waals surface area (Å²) in [5.74, 6) is 3.79. The maximum absolute atomic E-state index is 4.54. The Morgan fingerprint density at radius 2 is 2.47 bits per heavy atom. The highest BCUT2D eigenvalue weighted by Gasteiger charge is 2.18. The van der Waals surface area contributed by atoms with E-state index in [0.717, 1.165) is 25.2 Å². The zero-order valence-corrected chi connectivity index (χ0v) is 11.7. The number of aromatic nitrogens is 2. The van der Waals surface area contributed by atoms with Crippen molar-refractivity contribution < 1.29 is 0 Å². The molecule has 2 heterocycles. The van der Waals surface area contributed by atoms with Gasteiger partial charge in [0.2, 0.25) is 0 Å². The van der Waals surface area contributed by atoms with Gasteiger partial charge in [-0.15, -0.1) is 0 Å². The van der Waals surface area contributed by atoms with E-state index in [4.69, 9.17) is 0 Å². The van der Waals surface area contributed by atoms with E-state index in [1.165, 1.54) is 30.2 Å². The molecule has 96 valence electrons. The third-order valence-electron chi connectivity index (χ3n) is 3.22. The Bertz CT molecular complexity index is 348. The quantitative estimate of drug-likeness (QED) is 0.789. The molecule has 0 spiro atoms. The van der Waals surface area contributed by atoms with Crippen LogP contribution in [-0.2, 0) is 13.0 Å². The van der Waals surface area contributed by atoms with Crippen LogP contribution < -0.4 is 5.32 Å². The van der Waals surface area contributed by atoms with Crippen molar-refractivity contribution in [3.05, 3.63) is 17.7 Å². The summed E-state index contributed by atoms with van der Waals surface area (Å²) < 4.78 is 2.32. The lowest BCUT2D eigenvalue weighted by molar-refractivity contribution is 0.381. The van der Waals surface area contributed by atoms with E-state index >= 15 is 0 Å². The third-order valence-corrected chi connectivity index (χ3v) is 4.20. The van der Waals surface area contributed by atoms with Gasteiger partial charge in [-0.05, 0) is 37.8 Å². The molecular weight excluding hydrogens is 230 g/mol. The molecule has 17 heavy (non-hydrogen) atoms. The van der Waals surface area contributed by atoms with E-state index in [9.17, 15) is 0 Å². The lowest BCUT2D eigenvalue weighted by atomic mass is 10.1. The van der Waals surface area contributed by atoms with Crippen molar-refractivity contribution in [1.29, 1.82) is 0 Å². The van der Waals surface area contributed by atoms with Gasteiger partial charge in [0.25, 0.3) is 0 Å². The zero-order chi connectivity index (χ0) is 12.1. The second kappa shape index (κ2) is 6.45. The third kappa shape index (κ3) is 3.75. The van der Waals surface area contributed by atoms with E-state index in [0.29, 0.717) is 6.04 Å². The molecule has 0 saturated carbocycles. The monoisotopic (exact) mass is 253 g/mol. The normalized spacial score (nSPS) is 19.3. The number of nitrogens with zero attached hydrogens (tertiary/aromatic N) is 2. The summed E-state index contributed by atoms with van der Waals surface area (Å²) in [5, 5.41) is 3.67. The smallest absolute Gasteiger partial charge is 0.109 e. The summed E-state index contributed by atoms with van der Waals surface area (Å²) in [7, 11) is 0. The van der Waals surface area contributed by atoms with E-state index in [-0.39, 0.29) is 0 Å². The van der Waals surface area contributed by atoms with Crippen molar-refractivity contribution >= 4 is 11.8 Å². The van der Waals surface area contributed by atoms with Gasteiger partial charge in [0.1, 0.15) is 5.82 Å². The lowest BCUT2D eigenvalue weighted by Gasteiger charge is -2.24. The molecule has 1 aromatic rings. The zero-order valence-electron chi connectivity index (χ0n) is 10.9. The number of imidazole rings is 1. The minimum Gasteiger partial charge on any atom is -0.333 e. The van der Waals surface area contributed by atoms with Crippen LogP contribution in [0.15, 0.2) is 6.20 Å². The molecule has 4 heteroatoms. The van der Waals surface area contributed by atoms with Gasteiger partial charge in [0, 0.05) is 25.2 Å². The molecule has 2 rings (SSSR count). The highest BCUT2D eigenvalue weighted by molar-refractivity contribution is 7.99. The van der Waals surface area contributed by atoms with Gasteiger partial charge in [-0.1, -0.05) is 6.92 Å². The first-order chi connectivity index (χ1) is 8.29. The average Bonchev–Trinajstić information content (AvgIpc) is 2.68. The molecule has 0 radical (unpaired) electrons. The van der Waals surface area contributed by atoms with Crippen LogP contribution in [0.3, 0.4) is 0 Å². The van der Waals surface area contributed by atoms with Gasteiger partial charge >= 0.3 is 0 Å². The second-order valence-electron chi connectivity index (χ2n) is 4.69. The Balaban J connectivity index is 1.71. The maximum Gasteiger partial charge on any atom is 0.109 e. The van der Waals surface area contributed by atoms with Crippen molar-refractivity contribution in [3.63, 3.8) is 0 Å². The van der Waals surface area contributed by atoms with Crippen molar-refractivity contribution in [2.75, 3.05) is 18.1 Å². The van der Waals surface area contributed by atoms with Gasteiger partial charge in [0.05, 0.1) is 5.69 Å². The number of hydrogen-bond acceptors (Lipinski definition) is 3. The van der Waals surface area contributed by atoms with E-state index in [2.05, 4.69) is 34.9 Å². The molecule has 0 aliphatic carbocycles. The summed E-state index contributed by atoms with van der Waals surface area (Å²) >= 11 is 2.03. The summed E-state index contributed by atoms with van der Waals surface area (Å²) in [4.78, 5) is 4.54. The van der Waals surface area contributed by atoms with Gasteiger partial charge in [-0.3, -0.25) is 0 Å². The van der Waals surface area contributed by atoms with E-state index in [1.54, 1.807) is 0 Å². The van der Waals surface area contributed by atoms with Crippen LogP contribution >= 0.6 is 11.8 Å². The lowest BCUT2D eigenvalue weighted by Crippen LogP contribution is -2.37. The minimum absolute atomic E-state index is 0.641. The molecule has 3 nitrogen and oxygen atoms in total. The Kier molecular flexibility index (Phi) is 4.92. The first kappa shape index (κ1) is 13.0. The molecule has 1 aliphatic rings. The largest absolute Gasteiger partial charge is 0.333 e. The number of nitrogens with one attached hydrogen (secondary N) is 1. The molecular formula is C13H23N3S. The van der Waals surface area contributed by atoms with Crippen LogP contribution in [0.2, 0.25) is 0 Å². The molecule has 1 aliphatic heterocycles. The van der Waals surface area contributed by atoms with Crippen LogP contribution in [0, 0.1) is 6.92 Å². The molecule has 0 fully saturated rings. The van der Waals surface area contributed by atoms with Crippen LogP contribution in [-0.4, -0.2) is 33.6 Å². The van der Waals surface area contributed by atoms with E-state index < -0.39 is 0 Å². The van der Waals surface area contributed by atoms with Crippen LogP contribution in [0.1, 0.15) is 31.3 Å². The van der Waals surface area contributed by atoms with Crippen molar-refractivity contribution in [3.8, 4) is 0 Å². The minimum atomic E-state index is 0.641. The molecule has 1 N–H and O–H groups in total. The fourth-order valence-corrected chi connectivity index (χ4v) is 3.01. The number of rotatable bonds is 6. The molecule has 1 aromatic heterocycles. The first-order valence-corrected chi connectivity index (χ1v) is 7.79. The van der Waals surface area contributed by atoms with Crippen LogP contribution in [0.5, 0.6) is 0 Å². The van der Waals surface area contributed by atoms with Gasteiger partial charge in [-0.2, -0.15) is 11.8 Å². The standard InChI is InChI=1S/C13H23N3S/c1-3-17-8-4-7-14-12-5-6-13-15-11(2)9-16(13)10-12/h9,12,14H,3-8,10H2,1-2H3/t12-/m0/s1. The fourth-order valence-electron chi connectivity index (χ4n) is 2.38. The Hall–Kier alpha value is -0.480. The van der Waals surface area contributed by atoms with Gasteiger partial charge < -0.3 is 9.88 Å². The Morgan fingerprint density at radius 1 is 1.59 bits per heavy atom.